The summed E-state index contributed by atoms with van der Waals surface area (Å²) >= 11 is 3.47. The Kier molecular flexibility index (Phi) is 3.60. The zero-order valence-electron chi connectivity index (χ0n) is 12.5. The number of nitrogens with one attached hydrogen (secondary N) is 1. The Hall–Kier alpha value is -2.97. The van der Waals surface area contributed by atoms with Crippen molar-refractivity contribution in [3.05, 3.63) is 71.1 Å². The molecule has 0 aliphatic heterocycles. The standard InChI is InChI=1S/C19H11BrN4/c20-14-3-1-12(2-4-14)17-18(13-7-9-22-10-8-13)24-16-6-5-15(11-21)23-19(16)17/h1-10,24H. The van der Waals surface area contributed by atoms with E-state index in [1.165, 1.54) is 0 Å². The molecule has 0 spiro atoms. The van der Waals surface area contributed by atoms with Gasteiger partial charge in [-0.2, -0.15) is 5.26 Å². The van der Waals surface area contributed by atoms with Crippen LogP contribution in [0.3, 0.4) is 0 Å². The number of H-pyrrole nitrogens is 1. The molecule has 0 atom stereocenters. The van der Waals surface area contributed by atoms with Gasteiger partial charge in [0.05, 0.1) is 16.7 Å². The Morgan fingerprint density at radius 2 is 1.67 bits per heavy atom. The van der Waals surface area contributed by atoms with E-state index in [1.54, 1.807) is 18.5 Å². The zero-order chi connectivity index (χ0) is 16.5. The van der Waals surface area contributed by atoms with Crippen LogP contribution in [0.4, 0.5) is 0 Å². The summed E-state index contributed by atoms with van der Waals surface area (Å²) in [5, 5.41) is 9.18. The first-order valence-corrected chi connectivity index (χ1v) is 8.15. The van der Waals surface area contributed by atoms with Crippen LogP contribution in [0.5, 0.6) is 0 Å². The van der Waals surface area contributed by atoms with Gasteiger partial charge in [-0.15, -0.1) is 0 Å². The molecule has 0 saturated carbocycles. The smallest absolute Gasteiger partial charge is 0.141 e. The highest BCUT2D eigenvalue weighted by atomic mass is 79.9. The Morgan fingerprint density at radius 1 is 0.917 bits per heavy atom. The summed E-state index contributed by atoms with van der Waals surface area (Å²) in [6, 6.07) is 17.7. The van der Waals surface area contributed by atoms with Gasteiger partial charge in [0.2, 0.25) is 0 Å². The minimum Gasteiger partial charge on any atom is -0.353 e. The molecule has 3 heterocycles. The molecule has 0 bridgehead atoms. The first-order valence-electron chi connectivity index (χ1n) is 7.35. The van der Waals surface area contributed by atoms with Crippen LogP contribution in [-0.4, -0.2) is 15.0 Å². The van der Waals surface area contributed by atoms with Crippen LogP contribution in [0.15, 0.2) is 65.4 Å². The van der Waals surface area contributed by atoms with Gasteiger partial charge in [0.15, 0.2) is 0 Å². The van der Waals surface area contributed by atoms with E-state index in [-0.39, 0.29) is 0 Å². The lowest BCUT2D eigenvalue weighted by Gasteiger charge is -2.05. The molecule has 0 radical (unpaired) electrons. The summed E-state index contributed by atoms with van der Waals surface area (Å²) in [7, 11) is 0. The molecule has 4 nitrogen and oxygen atoms in total. The third kappa shape index (κ3) is 2.47. The maximum atomic E-state index is 9.18. The van der Waals surface area contributed by atoms with E-state index in [2.05, 4.69) is 37.0 Å². The third-order valence-electron chi connectivity index (χ3n) is 3.86. The lowest BCUT2D eigenvalue weighted by Crippen LogP contribution is -1.85. The van der Waals surface area contributed by atoms with E-state index < -0.39 is 0 Å². The fraction of sp³-hybridized carbons (Fsp3) is 0. The lowest BCUT2D eigenvalue weighted by atomic mass is 10.0. The number of benzene rings is 1. The topological polar surface area (TPSA) is 65.4 Å². The molecule has 1 aromatic carbocycles. The van der Waals surface area contributed by atoms with Gasteiger partial charge >= 0.3 is 0 Å². The summed E-state index contributed by atoms with van der Waals surface area (Å²) < 4.78 is 1.02. The molecule has 0 aliphatic rings. The number of hydrogen-bond acceptors (Lipinski definition) is 3. The van der Waals surface area contributed by atoms with Gasteiger partial charge in [-0.1, -0.05) is 28.1 Å². The normalized spacial score (nSPS) is 10.7. The molecule has 114 valence electrons. The molecule has 0 amide bonds. The fourth-order valence-corrected chi connectivity index (χ4v) is 3.03. The highest BCUT2D eigenvalue weighted by molar-refractivity contribution is 9.10. The van der Waals surface area contributed by atoms with Crippen molar-refractivity contribution in [1.82, 2.24) is 15.0 Å². The van der Waals surface area contributed by atoms with Crippen molar-refractivity contribution in [2.24, 2.45) is 0 Å². The van der Waals surface area contributed by atoms with Gasteiger partial charge < -0.3 is 4.98 Å². The van der Waals surface area contributed by atoms with Crippen LogP contribution >= 0.6 is 15.9 Å². The van der Waals surface area contributed by atoms with Crippen molar-refractivity contribution in [2.75, 3.05) is 0 Å². The van der Waals surface area contributed by atoms with Crippen molar-refractivity contribution in [3.63, 3.8) is 0 Å². The highest BCUT2D eigenvalue weighted by Gasteiger charge is 2.16. The Bertz CT molecular complexity index is 1060. The number of aromatic amines is 1. The fourth-order valence-electron chi connectivity index (χ4n) is 2.76. The predicted octanol–water partition coefficient (Wildman–Crippen LogP) is 4.93. The number of halogens is 1. The van der Waals surface area contributed by atoms with Crippen LogP contribution in [0.25, 0.3) is 33.4 Å². The van der Waals surface area contributed by atoms with Crippen LogP contribution in [0.1, 0.15) is 5.69 Å². The SMILES string of the molecule is N#Cc1ccc2[nH]c(-c3ccncc3)c(-c3ccc(Br)cc3)c2n1. The molecular weight excluding hydrogens is 364 g/mol. The average Bonchev–Trinajstić information content (AvgIpc) is 3.01. The minimum absolute atomic E-state index is 0.404. The van der Waals surface area contributed by atoms with E-state index >= 15 is 0 Å². The van der Waals surface area contributed by atoms with Crippen molar-refractivity contribution < 1.29 is 0 Å². The van der Waals surface area contributed by atoms with Crippen LogP contribution in [0.2, 0.25) is 0 Å². The second-order valence-corrected chi connectivity index (χ2v) is 6.24. The number of nitriles is 1. The van der Waals surface area contributed by atoms with Crippen molar-refractivity contribution >= 4 is 27.0 Å². The van der Waals surface area contributed by atoms with Crippen molar-refractivity contribution in [3.8, 4) is 28.5 Å². The Labute approximate surface area is 147 Å². The summed E-state index contributed by atoms with van der Waals surface area (Å²) in [6.07, 6.45) is 3.53. The van der Waals surface area contributed by atoms with Crippen LogP contribution in [0, 0.1) is 11.3 Å². The highest BCUT2D eigenvalue weighted by Crippen LogP contribution is 2.37. The molecule has 4 rings (SSSR count). The van der Waals surface area contributed by atoms with Gasteiger partial charge in [0.25, 0.3) is 0 Å². The molecule has 3 aromatic heterocycles. The maximum Gasteiger partial charge on any atom is 0.141 e. The van der Waals surface area contributed by atoms with Gasteiger partial charge in [0.1, 0.15) is 11.8 Å². The average molecular weight is 375 g/mol. The molecule has 24 heavy (non-hydrogen) atoms. The molecule has 0 saturated heterocycles. The number of nitrogens with zero attached hydrogens (tertiary/aromatic N) is 3. The van der Waals surface area contributed by atoms with Crippen LogP contribution in [-0.2, 0) is 0 Å². The molecule has 0 fully saturated rings. The predicted molar refractivity (Wildman–Crippen MR) is 97.2 cm³/mol. The van der Waals surface area contributed by atoms with Crippen molar-refractivity contribution in [2.45, 2.75) is 0 Å². The van der Waals surface area contributed by atoms with Crippen molar-refractivity contribution in [1.29, 1.82) is 5.26 Å². The maximum absolute atomic E-state index is 9.18. The molecule has 1 N–H and O–H groups in total. The number of aromatic nitrogens is 3. The lowest BCUT2D eigenvalue weighted by molar-refractivity contribution is 1.32. The van der Waals surface area contributed by atoms with Gasteiger partial charge in [-0.05, 0) is 42.0 Å². The number of fused-ring (bicyclic) bond motifs is 1. The number of rotatable bonds is 2. The monoisotopic (exact) mass is 374 g/mol. The quantitative estimate of drug-likeness (QED) is 0.541. The number of hydrogen-bond donors (Lipinski definition) is 1. The van der Waals surface area contributed by atoms with E-state index in [9.17, 15) is 5.26 Å². The van der Waals surface area contributed by atoms with Gasteiger partial charge in [0, 0.05) is 28.0 Å². The second-order valence-electron chi connectivity index (χ2n) is 5.32. The zero-order valence-corrected chi connectivity index (χ0v) is 14.1. The molecule has 0 aliphatic carbocycles. The van der Waals surface area contributed by atoms with E-state index in [0.717, 1.165) is 37.9 Å². The first kappa shape index (κ1) is 14.6. The molecule has 0 unspecified atom stereocenters. The van der Waals surface area contributed by atoms with Gasteiger partial charge in [-0.3, -0.25) is 4.98 Å². The van der Waals surface area contributed by atoms with Crippen LogP contribution < -0.4 is 0 Å². The Balaban J connectivity index is 2.06. The second kappa shape index (κ2) is 5.91. The largest absolute Gasteiger partial charge is 0.353 e. The molecule has 5 heteroatoms. The summed E-state index contributed by atoms with van der Waals surface area (Å²) in [5.41, 5.74) is 6.12. The van der Waals surface area contributed by atoms with E-state index in [1.807, 2.05) is 42.5 Å². The van der Waals surface area contributed by atoms with Gasteiger partial charge in [-0.25, -0.2) is 4.98 Å². The third-order valence-corrected chi connectivity index (χ3v) is 4.39. The van der Waals surface area contributed by atoms with E-state index in [4.69, 9.17) is 0 Å². The molecular formula is C19H11BrN4. The molecule has 4 aromatic rings. The summed E-state index contributed by atoms with van der Waals surface area (Å²) in [4.78, 5) is 12.0. The van der Waals surface area contributed by atoms with E-state index in [0.29, 0.717) is 5.69 Å². The Morgan fingerprint density at radius 3 is 2.38 bits per heavy atom. The summed E-state index contributed by atoms with van der Waals surface area (Å²) in [6.45, 7) is 0. The minimum atomic E-state index is 0.404. The number of pyridine rings is 2. The first-order chi connectivity index (χ1) is 11.8. The summed E-state index contributed by atoms with van der Waals surface area (Å²) in [5.74, 6) is 0.